The fourth-order valence-electron chi connectivity index (χ4n) is 1.49. The molecule has 0 aliphatic heterocycles. The van der Waals surface area contributed by atoms with Crippen LogP contribution in [0.25, 0.3) is 0 Å². The summed E-state index contributed by atoms with van der Waals surface area (Å²) in [6.45, 7) is 2.55. The molecular formula is C13H16BrNO2. The van der Waals surface area contributed by atoms with Gasteiger partial charge in [-0.3, -0.25) is 4.79 Å². The molecule has 0 bridgehead atoms. The average Bonchev–Trinajstić information content (AvgIpc) is 3.13. The summed E-state index contributed by atoms with van der Waals surface area (Å²) in [5.41, 5.74) is 0. The number of carbonyl (C=O) groups is 1. The summed E-state index contributed by atoms with van der Waals surface area (Å²) in [4.78, 5) is 11.7. The van der Waals surface area contributed by atoms with Crippen LogP contribution in [0.3, 0.4) is 0 Å². The fraction of sp³-hybridized carbons (Fsp3) is 0.462. The molecule has 0 spiro atoms. The van der Waals surface area contributed by atoms with Gasteiger partial charge >= 0.3 is 0 Å². The lowest BCUT2D eigenvalue weighted by Gasteiger charge is -2.15. The van der Waals surface area contributed by atoms with Crippen molar-refractivity contribution in [2.45, 2.75) is 25.9 Å². The highest BCUT2D eigenvalue weighted by atomic mass is 79.9. The minimum Gasteiger partial charge on any atom is -0.480 e. The topological polar surface area (TPSA) is 38.3 Å². The van der Waals surface area contributed by atoms with E-state index < -0.39 is 6.10 Å². The summed E-state index contributed by atoms with van der Waals surface area (Å²) in [6.07, 6.45) is 2.01. The van der Waals surface area contributed by atoms with Crippen molar-refractivity contribution in [2.24, 2.45) is 5.92 Å². The number of hydrogen-bond donors (Lipinski definition) is 1. The van der Waals surface area contributed by atoms with Gasteiger partial charge in [-0.05, 0) is 53.7 Å². The highest BCUT2D eigenvalue weighted by Crippen LogP contribution is 2.28. The van der Waals surface area contributed by atoms with Gasteiger partial charge in [-0.2, -0.15) is 0 Å². The van der Waals surface area contributed by atoms with Crippen LogP contribution in [0.4, 0.5) is 0 Å². The van der Waals surface area contributed by atoms with Crippen molar-refractivity contribution in [1.82, 2.24) is 5.32 Å². The lowest BCUT2D eigenvalue weighted by atomic mass is 10.3. The van der Waals surface area contributed by atoms with Gasteiger partial charge in [0.05, 0.1) is 4.47 Å². The van der Waals surface area contributed by atoms with Crippen molar-refractivity contribution in [3.63, 3.8) is 0 Å². The molecule has 1 atom stereocenters. The Hall–Kier alpha value is -1.03. The Labute approximate surface area is 110 Å². The third-order valence-electron chi connectivity index (χ3n) is 2.77. The monoisotopic (exact) mass is 297 g/mol. The van der Waals surface area contributed by atoms with Crippen LogP contribution < -0.4 is 10.1 Å². The molecule has 1 N–H and O–H groups in total. The Bertz CT molecular complexity index is 404. The molecule has 1 saturated carbocycles. The molecule has 2 rings (SSSR count). The minimum absolute atomic E-state index is 0.0485. The number of hydrogen-bond acceptors (Lipinski definition) is 2. The van der Waals surface area contributed by atoms with E-state index >= 15 is 0 Å². The molecule has 1 aromatic rings. The van der Waals surface area contributed by atoms with E-state index in [0.29, 0.717) is 11.7 Å². The zero-order valence-electron chi connectivity index (χ0n) is 9.78. The van der Waals surface area contributed by atoms with E-state index in [0.717, 1.165) is 11.0 Å². The van der Waals surface area contributed by atoms with Gasteiger partial charge in [-0.15, -0.1) is 0 Å². The summed E-state index contributed by atoms with van der Waals surface area (Å²) in [7, 11) is 0. The maximum Gasteiger partial charge on any atom is 0.260 e. The Kier molecular flexibility index (Phi) is 4.05. The molecule has 0 heterocycles. The second-order valence-electron chi connectivity index (χ2n) is 4.38. The first-order valence-corrected chi connectivity index (χ1v) is 6.65. The summed E-state index contributed by atoms with van der Waals surface area (Å²) in [5, 5.41) is 2.90. The number of ether oxygens (including phenoxy) is 1. The molecule has 0 aromatic heterocycles. The van der Waals surface area contributed by atoms with Gasteiger partial charge in [-0.1, -0.05) is 12.1 Å². The van der Waals surface area contributed by atoms with Crippen molar-refractivity contribution in [2.75, 3.05) is 6.54 Å². The molecule has 1 unspecified atom stereocenters. The number of carbonyl (C=O) groups excluding carboxylic acids is 1. The molecule has 0 saturated heterocycles. The molecule has 1 aliphatic rings. The van der Waals surface area contributed by atoms with Crippen molar-refractivity contribution in [3.05, 3.63) is 28.7 Å². The molecule has 1 aromatic carbocycles. The van der Waals surface area contributed by atoms with E-state index in [4.69, 9.17) is 4.74 Å². The van der Waals surface area contributed by atoms with Crippen LogP contribution in [-0.4, -0.2) is 18.6 Å². The lowest BCUT2D eigenvalue weighted by Crippen LogP contribution is -2.37. The molecule has 1 fully saturated rings. The zero-order chi connectivity index (χ0) is 12.3. The van der Waals surface area contributed by atoms with Crippen LogP contribution in [0.2, 0.25) is 0 Å². The number of amides is 1. The Morgan fingerprint density at radius 3 is 2.88 bits per heavy atom. The smallest absolute Gasteiger partial charge is 0.260 e. The molecule has 1 aliphatic carbocycles. The highest BCUT2D eigenvalue weighted by molar-refractivity contribution is 9.10. The van der Waals surface area contributed by atoms with Gasteiger partial charge in [0.25, 0.3) is 5.91 Å². The van der Waals surface area contributed by atoms with Crippen LogP contribution in [-0.2, 0) is 4.79 Å². The van der Waals surface area contributed by atoms with Crippen LogP contribution in [0.5, 0.6) is 5.75 Å². The number of para-hydroxylation sites is 1. The summed E-state index contributed by atoms with van der Waals surface area (Å²) in [5.74, 6) is 1.34. The quantitative estimate of drug-likeness (QED) is 0.907. The van der Waals surface area contributed by atoms with Crippen LogP contribution in [0.15, 0.2) is 28.7 Å². The van der Waals surface area contributed by atoms with Crippen molar-refractivity contribution in [3.8, 4) is 5.75 Å². The zero-order valence-corrected chi connectivity index (χ0v) is 11.4. The second-order valence-corrected chi connectivity index (χ2v) is 5.23. The Morgan fingerprint density at radius 2 is 2.24 bits per heavy atom. The number of benzene rings is 1. The van der Waals surface area contributed by atoms with E-state index in [9.17, 15) is 4.79 Å². The largest absolute Gasteiger partial charge is 0.480 e. The maximum absolute atomic E-state index is 11.7. The SMILES string of the molecule is CC(Oc1ccccc1Br)C(=O)NCC1CC1. The first-order valence-electron chi connectivity index (χ1n) is 5.85. The predicted octanol–water partition coefficient (Wildman–Crippen LogP) is 2.74. The molecule has 1 amide bonds. The number of nitrogens with one attached hydrogen (secondary N) is 1. The van der Waals surface area contributed by atoms with E-state index in [1.807, 2.05) is 24.3 Å². The predicted molar refractivity (Wildman–Crippen MR) is 70.0 cm³/mol. The van der Waals surface area contributed by atoms with Crippen LogP contribution >= 0.6 is 15.9 Å². The maximum atomic E-state index is 11.7. The van der Waals surface area contributed by atoms with E-state index in [-0.39, 0.29) is 5.91 Å². The molecule has 17 heavy (non-hydrogen) atoms. The van der Waals surface area contributed by atoms with Gasteiger partial charge in [0.15, 0.2) is 6.10 Å². The van der Waals surface area contributed by atoms with E-state index in [1.165, 1.54) is 12.8 Å². The number of rotatable bonds is 5. The second kappa shape index (κ2) is 5.54. The standard InChI is InChI=1S/C13H16BrNO2/c1-9(13(16)15-8-10-6-7-10)17-12-5-3-2-4-11(12)14/h2-5,9-10H,6-8H2,1H3,(H,15,16). The average molecular weight is 298 g/mol. The lowest BCUT2D eigenvalue weighted by molar-refractivity contribution is -0.127. The normalized spacial score (nSPS) is 16.4. The molecular weight excluding hydrogens is 282 g/mol. The fourth-order valence-corrected chi connectivity index (χ4v) is 1.87. The summed E-state index contributed by atoms with van der Waals surface area (Å²) >= 11 is 3.39. The molecule has 0 radical (unpaired) electrons. The van der Waals surface area contributed by atoms with Crippen molar-refractivity contribution < 1.29 is 9.53 Å². The van der Waals surface area contributed by atoms with Crippen molar-refractivity contribution in [1.29, 1.82) is 0 Å². The van der Waals surface area contributed by atoms with Crippen LogP contribution in [0.1, 0.15) is 19.8 Å². The molecule has 4 heteroatoms. The Morgan fingerprint density at radius 1 is 1.53 bits per heavy atom. The minimum atomic E-state index is -0.465. The third kappa shape index (κ3) is 3.73. The Balaban J connectivity index is 1.84. The van der Waals surface area contributed by atoms with Crippen LogP contribution in [0, 0.1) is 5.92 Å². The first kappa shape index (κ1) is 12.4. The number of halogens is 1. The van der Waals surface area contributed by atoms with Gasteiger partial charge < -0.3 is 10.1 Å². The first-order chi connectivity index (χ1) is 8.16. The summed E-state index contributed by atoms with van der Waals surface area (Å²) < 4.78 is 6.46. The van der Waals surface area contributed by atoms with Gasteiger partial charge in [0.2, 0.25) is 0 Å². The molecule has 92 valence electrons. The highest BCUT2D eigenvalue weighted by Gasteiger charge is 2.23. The third-order valence-corrected chi connectivity index (χ3v) is 3.43. The summed E-state index contributed by atoms with van der Waals surface area (Å²) in [6, 6.07) is 7.53. The van der Waals surface area contributed by atoms with Gasteiger partial charge in [-0.25, -0.2) is 0 Å². The molecule has 3 nitrogen and oxygen atoms in total. The van der Waals surface area contributed by atoms with E-state index in [2.05, 4.69) is 21.2 Å². The van der Waals surface area contributed by atoms with Crippen molar-refractivity contribution >= 4 is 21.8 Å². The van der Waals surface area contributed by atoms with Gasteiger partial charge in [0.1, 0.15) is 5.75 Å². The van der Waals surface area contributed by atoms with E-state index in [1.54, 1.807) is 6.92 Å². The van der Waals surface area contributed by atoms with Gasteiger partial charge in [0, 0.05) is 6.54 Å².